The molecular formula is C16H33. The summed E-state index contributed by atoms with van der Waals surface area (Å²) in [5.41, 5.74) is 0. The zero-order valence-corrected chi connectivity index (χ0v) is 11.9. The van der Waals surface area contributed by atoms with E-state index < -0.39 is 0 Å². The Hall–Kier alpha value is 0. The van der Waals surface area contributed by atoms with Gasteiger partial charge < -0.3 is 0 Å². The molecule has 0 heterocycles. The van der Waals surface area contributed by atoms with E-state index in [0.29, 0.717) is 0 Å². The van der Waals surface area contributed by atoms with Gasteiger partial charge in [0, 0.05) is 0 Å². The highest BCUT2D eigenvalue weighted by Crippen LogP contribution is 2.12. The van der Waals surface area contributed by atoms with Crippen molar-refractivity contribution in [3.05, 3.63) is 6.42 Å². The fraction of sp³-hybridized carbons (Fsp3) is 0.938. The van der Waals surface area contributed by atoms with Crippen LogP contribution in [0.15, 0.2) is 0 Å². The molecule has 0 spiro atoms. The Morgan fingerprint density at radius 2 is 1.25 bits per heavy atom. The first-order valence-corrected chi connectivity index (χ1v) is 7.59. The van der Waals surface area contributed by atoms with Crippen molar-refractivity contribution < 1.29 is 0 Å². The van der Waals surface area contributed by atoms with Crippen LogP contribution in [0, 0.1) is 12.3 Å². The molecule has 97 valence electrons. The second-order valence-electron chi connectivity index (χ2n) is 5.54. The Morgan fingerprint density at radius 1 is 0.750 bits per heavy atom. The first kappa shape index (κ1) is 16.0. The molecule has 0 aliphatic rings. The van der Waals surface area contributed by atoms with Crippen molar-refractivity contribution in [2.24, 2.45) is 5.92 Å². The summed E-state index contributed by atoms with van der Waals surface area (Å²) in [5, 5.41) is 0. The van der Waals surface area contributed by atoms with Crippen LogP contribution >= 0.6 is 0 Å². The fourth-order valence-corrected chi connectivity index (χ4v) is 2.05. The van der Waals surface area contributed by atoms with Crippen LogP contribution in [0.5, 0.6) is 0 Å². The van der Waals surface area contributed by atoms with Crippen molar-refractivity contribution in [3.8, 4) is 0 Å². The molecule has 0 bridgehead atoms. The van der Waals surface area contributed by atoms with Gasteiger partial charge in [0.2, 0.25) is 0 Å². The van der Waals surface area contributed by atoms with Crippen molar-refractivity contribution in [1.29, 1.82) is 0 Å². The summed E-state index contributed by atoms with van der Waals surface area (Å²) in [5.74, 6) is 0.846. The average molecular weight is 225 g/mol. The number of unbranched alkanes of at least 4 members (excludes halogenated alkanes) is 10. The number of hydrogen-bond donors (Lipinski definition) is 0. The summed E-state index contributed by atoms with van der Waals surface area (Å²) in [6.45, 7) is 6.88. The molecule has 16 heavy (non-hydrogen) atoms. The summed E-state index contributed by atoms with van der Waals surface area (Å²) in [6, 6.07) is 0. The minimum Gasteiger partial charge on any atom is -0.0654 e. The van der Waals surface area contributed by atoms with Crippen LogP contribution in [0.25, 0.3) is 0 Å². The van der Waals surface area contributed by atoms with Crippen LogP contribution in [-0.4, -0.2) is 0 Å². The Kier molecular flexibility index (Phi) is 13.1. The predicted octanol–water partition coefficient (Wildman–Crippen LogP) is 6.16. The van der Waals surface area contributed by atoms with Crippen molar-refractivity contribution in [2.75, 3.05) is 0 Å². The van der Waals surface area contributed by atoms with Crippen molar-refractivity contribution >= 4 is 0 Å². The first-order valence-electron chi connectivity index (χ1n) is 7.59. The molecule has 0 rings (SSSR count). The summed E-state index contributed by atoms with van der Waals surface area (Å²) in [6.07, 6.45) is 18.1. The lowest BCUT2D eigenvalue weighted by molar-refractivity contribution is 0.553. The van der Waals surface area contributed by atoms with E-state index in [1.807, 2.05) is 0 Å². The minimum atomic E-state index is 0.846. The van der Waals surface area contributed by atoms with Gasteiger partial charge in [-0.05, 0) is 18.8 Å². The molecule has 1 radical (unpaired) electrons. The third-order valence-corrected chi connectivity index (χ3v) is 3.15. The molecule has 0 aromatic carbocycles. The molecule has 0 aliphatic heterocycles. The topological polar surface area (TPSA) is 0 Å². The summed E-state index contributed by atoms with van der Waals surface area (Å²) >= 11 is 0. The van der Waals surface area contributed by atoms with E-state index in [0.717, 1.165) is 5.92 Å². The van der Waals surface area contributed by atoms with E-state index in [-0.39, 0.29) is 0 Å². The van der Waals surface area contributed by atoms with Gasteiger partial charge in [0.1, 0.15) is 0 Å². The van der Waals surface area contributed by atoms with Gasteiger partial charge in [-0.25, -0.2) is 0 Å². The summed E-state index contributed by atoms with van der Waals surface area (Å²) in [7, 11) is 0. The van der Waals surface area contributed by atoms with Crippen molar-refractivity contribution in [2.45, 2.75) is 91.4 Å². The Labute approximate surface area is 104 Å². The molecule has 0 nitrogen and oxygen atoms in total. The van der Waals surface area contributed by atoms with Crippen molar-refractivity contribution in [3.63, 3.8) is 0 Å². The molecule has 0 heteroatoms. The molecule has 0 amide bonds. The Bertz CT molecular complexity index is 115. The first-order chi connectivity index (χ1) is 7.77. The zero-order chi connectivity index (χ0) is 12.1. The standard InChI is InChI=1S/C16H33/c1-4-5-6-7-8-9-10-11-12-13-14-15-16(2)3/h14,16H,4-13,15H2,1-3H3. The molecule has 0 saturated heterocycles. The largest absolute Gasteiger partial charge is 0.0654 e. The maximum atomic E-state index is 2.48. The molecular weight excluding hydrogens is 192 g/mol. The third-order valence-electron chi connectivity index (χ3n) is 3.15. The number of rotatable bonds is 12. The second-order valence-corrected chi connectivity index (χ2v) is 5.54. The molecule has 0 aliphatic carbocycles. The third kappa shape index (κ3) is 14.0. The SMILES string of the molecule is CCCCCCCCCCC[CH]CC(C)C. The predicted molar refractivity (Wildman–Crippen MR) is 75.6 cm³/mol. The van der Waals surface area contributed by atoms with Crippen LogP contribution in [0.1, 0.15) is 91.4 Å². The van der Waals surface area contributed by atoms with E-state index in [4.69, 9.17) is 0 Å². The number of hydrogen-bond acceptors (Lipinski definition) is 0. The molecule has 0 N–H and O–H groups in total. The van der Waals surface area contributed by atoms with Crippen LogP contribution in [0.2, 0.25) is 0 Å². The smallest absolute Gasteiger partial charge is 0.0383 e. The van der Waals surface area contributed by atoms with Crippen molar-refractivity contribution in [1.82, 2.24) is 0 Å². The molecule has 0 unspecified atom stereocenters. The van der Waals surface area contributed by atoms with Gasteiger partial charge in [-0.3, -0.25) is 0 Å². The zero-order valence-electron chi connectivity index (χ0n) is 11.9. The van der Waals surface area contributed by atoms with Crippen LogP contribution in [-0.2, 0) is 0 Å². The lowest BCUT2D eigenvalue weighted by atomic mass is 10.0. The van der Waals surface area contributed by atoms with Gasteiger partial charge in [0.25, 0.3) is 0 Å². The Morgan fingerprint density at radius 3 is 1.75 bits per heavy atom. The monoisotopic (exact) mass is 225 g/mol. The van der Waals surface area contributed by atoms with E-state index in [1.54, 1.807) is 0 Å². The van der Waals surface area contributed by atoms with Gasteiger partial charge in [-0.2, -0.15) is 0 Å². The molecule has 0 aromatic heterocycles. The fourth-order valence-electron chi connectivity index (χ4n) is 2.05. The average Bonchev–Trinajstić information content (AvgIpc) is 2.25. The molecule has 0 saturated carbocycles. The lowest BCUT2D eigenvalue weighted by Gasteiger charge is -2.04. The van der Waals surface area contributed by atoms with E-state index >= 15 is 0 Å². The van der Waals surface area contributed by atoms with E-state index in [2.05, 4.69) is 27.2 Å². The molecule has 0 aromatic rings. The van der Waals surface area contributed by atoms with Gasteiger partial charge in [0.15, 0.2) is 0 Å². The normalized spacial score (nSPS) is 11.2. The lowest BCUT2D eigenvalue weighted by Crippen LogP contribution is -1.88. The van der Waals surface area contributed by atoms with Crippen LogP contribution in [0.4, 0.5) is 0 Å². The van der Waals surface area contributed by atoms with E-state index in [9.17, 15) is 0 Å². The van der Waals surface area contributed by atoms with Gasteiger partial charge in [-0.15, -0.1) is 0 Å². The summed E-state index contributed by atoms with van der Waals surface area (Å²) < 4.78 is 0. The second kappa shape index (κ2) is 13.1. The van der Waals surface area contributed by atoms with Gasteiger partial charge in [0.05, 0.1) is 0 Å². The maximum Gasteiger partial charge on any atom is -0.0383 e. The van der Waals surface area contributed by atoms with Gasteiger partial charge in [-0.1, -0.05) is 85.0 Å². The minimum absolute atomic E-state index is 0.846. The van der Waals surface area contributed by atoms with Gasteiger partial charge >= 0.3 is 0 Å². The highest BCUT2D eigenvalue weighted by atomic mass is 14.0. The van der Waals surface area contributed by atoms with Crippen LogP contribution < -0.4 is 0 Å². The quantitative estimate of drug-likeness (QED) is 0.349. The highest BCUT2D eigenvalue weighted by molar-refractivity contribution is 4.66. The van der Waals surface area contributed by atoms with Crippen LogP contribution in [0.3, 0.4) is 0 Å². The summed E-state index contributed by atoms with van der Waals surface area (Å²) in [4.78, 5) is 0. The molecule has 0 fully saturated rings. The molecule has 0 atom stereocenters. The maximum absolute atomic E-state index is 2.48. The highest BCUT2D eigenvalue weighted by Gasteiger charge is 1.95. The Balaban J connectivity index is 2.88. The van der Waals surface area contributed by atoms with E-state index in [1.165, 1.54) is 70.6 Å².